The molecule has 1 heterocycles. The molecule has 144 valence electrons. The van der Waals surface area contributed by atoms with Gasteiger partial charge in [0.15, 0.2) is 5.78 Å². The Balaban J connectivity index is 1.91. The summed E-state index contributed by atoms with van der Waals surface area (Å²) < 4.78 is 5.16. The van der Waals surface area contributed by atoms with Crippen LogP contribution in [0.3, 0.4) is 0 Å². The molecule has 2 aromatic carbocycles. The van der Waals surface area contributed by atoms with Gasteiger partial charge in [-0.15, -0.1) is 0 Å². The molecule has 0 spiro atoms. The lowest BCUT2D eigenvalue weighted by molar-refractivity contribution is -0.537. The van der Waals surface area contributed by atoms with E-state index in [-0.39, 0.29) is 11.7 Å². The average molecular weight is 382 g/mol. The largest absolute Gasteiger partial charge is 0.497 e. The van der Waals surface area contributed by atoms with Crippen molar-refractivity contribution >= 4 is 17.4 Å². The highest BCUT2D eigenvalue weighted by Gasteiger charge is 2.57. The number of rotatable bonds is 3. The SMILES string of the molecule is COc1ccc2c(c1)C(O)C([N+](=O)[O-])C2C1C(=O)c2ccccc2N1C(C)=O. The molecule has 1 amide bonds. The van der Waals surface area contributed by atoms with Gasteiger partial charge in [0.1, 0.15) is 17.9 Å². The van der Waals surface area contributed by atoms with Crippen LogP contribution in [0.15, 0.2) is 42.5 Å². The molecule has 2 aromatic rings. The van der Waals surface area contributed by atoms with Crippen LogP contribution < -0.4 is 9.64 Å². The molecule has 8 heteroatoms. The van der Waals surface area contributed by atoms with Crippen LogP contribution in [-0.4, -0.2) is 40.9 Å². The summed E-state index contributed by atoms with van der Waals surface area (Å²) in [5.41, 5.74) is 1.61. The topological polar surface area (TPSA) is 110 Å². The van der Waals surface area contributed by atoms with Gasteiger partial charge >= 0.3 is 0 Å². The van der Waals surface area contributed by atoms with Crippen molar-refractivity contribution < 1.29 is 24.4 Å². The minimum atomic E-state index is -1.45. The van der Waals surface area contributed by atoms with Crippen LogP contribution in [0.25, 0.3) is 0 Å². The molecule has 4 rings (SSSR count). The number of hydrogen-bond donors (Lipinski definition) is 1. The number of nitro groups is 1. The van der Waals surface area contributed by atoms with Gasteiger partial charge in [0.2, 0.25) is 5.91 Å². The molecule has 0 saturated heterocycles. The molecular weight excluding hydrogens is 364 g/mol. The molecule has 4 atom stereocenters. The Hall–Kier alpha value is -3.26. The van der Waals surface area contributed by atoms with Crippen molar-refractivity contribution in [3.63, 3.8) is 0 Å². The van der Waals surface area contributed by atoms with Crippen molar-refractivity contribution in [3.8, 4) is 5.75 Å². The second-order valence-corrected chi connectivity index (χ2v) is 6.96. The summed E-state index contributed by atoms with van der Waals surface area (Å²) in [5, 5.41) is 22.5. The molecule has 28 heavy (non-hydrogen) atoms. The van der Waals surface area contributed by atoms with E-state index in [4.69, 9.17) is 4.74 Å². The zero-order valence-electron chi connectivity index (χ0n) is 15.2. The van der Waals surface area contributed by atoms with Crippen LogP contribution in [0.4, 0.5) is 5.69 Å². The van der Waals surface area contributed by atoms with E-state index in [0.717, 1.165) is 0 Å². The molecule has 0 saturated carbocycles. The highest BCUT2D eigenvalue weighted by atomic mass is 16.6. The molecule has 1 aliphatic carbocycles. The number of aliphatic hydroxyl groups excluding tert-OH is 1. The lowest BCUT2D eigenvalue weighted by atomic mass is 9.87. The first kappa shape index (κ1) is 18.1. The second-order valence-electron chi connectivity index (χ2n) is 6.96. The zero-order chi connectivity index (χ0) is 20.2. The van der Waals surface area contributed by atoms with E-state index in [9.17, 15) is 24.8 Å². The molecule has 1 N–H and O–H groups in total. The highest BCUT2D eigenvalue weighted by molar-refractivity contribution is 6.18. The number of carbonyl (C=O) groups excluding carboxylic acids is 2. The molecule has 0 radical (unpaired) electrons. The van der Waals surface area contributed by atoms with Gasteiger partial charge in [0.05, 0.1) is 18.7 Å². The minimum Gasteiger partial charge on any atom is -0.497 e. The number of nitrogens with zero attached hydrogens (tertiary/aromatic N) is 2. The van der Waals surface area contributed by atoms with Gasteiger partial charge < -0.3 is 14.7 Å². The summed E-state index contributed by atoms with van der Waals surface area (Å²) in [5.74, 6) is -1.28. The van der Waals surface area contributed by atoms with Crippen molar-refractivity contribution in [1.82, 2.24) is 0 Å². The molecular formula is C20H18N2O6. The summed E-state index contributed by atoms with van der Waals surface area (Å²) in [6.45, 7) is 1.32. The fourth-order valence-electron chi connectivity index (χ4n) is 4.41. The van der Waals surface area contributed by atoms with Crippen molar-refractivity contribution in [2.45, 2.75) is 31.0 Å². The van der Waals surface area contributed by atoms with Crippen molar-refractivity contribution in [3.05, 3.63) is 69.3 Å². The second kappa shape index (κ2) is 6.42. The molecule has 8 nitrogen and oxygen atoms in total. The zero-order valence-corrected chi connectivity index (χ0v) is 15.2. The van der Waals surface area contributed by atoms with E-state index in [1.807, 2.05) is 0 Å². The van der Waals surface area contributed by atoms with Gasteiger partial charge in [-0.25, -0.2) is 0 Å². The number of fused-ring (bicyclic) bond motifs is 2. The van der Waals surface area contributed by atoms with Crippen molar-refractivity contribution in [2.24, 2.45) is 0 Å². The lowest BCUT2D eigenvalue weighted by Crippen LogP contribution is -2.47. The average Bonchev–Trinajstić information content (AvgIpc) is 3.13. The smallest absolute Gasteiger partial charge is 0.251 e. The fourth-order valence-corrected chi connectivity index (χ4v) is 4.41. The van der Waals surface area contributed by atoms with Gasteiger partial charge in [-0.1, -0.05) is 18.2 Å². The van der Waals surface area contributed by atoms with Crippen molar-refractivity contribution in [2.75, 3.05) is 12.0 Å². The fraction of sp³-hybridized carbons (Fsp3) is 0.300. The predicted molar refractivity (Wildman–Crippen MR) is 99.2 cm³/mol. The highest BCUT2D eigenvalue weighted by Crippen LogP contribution is 2.49. The minimum absolute atomic E-state index is 0.346. The van der Waals surface area contributed by atoms with Crippen molar-refractivity contribution in [1.29, 1.82) is 0 Å². The Morgan fingerprint density at radius 1 is 1.21 bits per heavy atom. The van der Waals surface area contributed by atoms with Gasteiger partial charge in [-0.3, -0.25) is 19.7 Å². The van der Waals surface area contributed by atoms with E-state index in [2.05, 4.69) is 0 Å². The Labute approximate surface area is 160 Å². The summed E-state index contributed by atoms with van der Waals surface area (Å²) in [7, 11) is 1.46. The number of benzene rings is 2. The quantitative estimate of drug-likeness (QED) is 0.643. The van der Waals surface area contributed by atoms with Gasteiger partial charge in [-0.2, -0.15) is 0 Å². The first-order chi connectivity index (χ1) is 13.4. The number of ether oxygens (including phenoxy) is 1. The molecule has 0 bridgehead atoms. The van der Waals surface area contributed by atoms with Crippen LogP contribution >= 0.6 is 0 Å². The maximum atomic E-state index is 13.2. The Kier molecular flexibility index (Phi) is 4.15. The van der Waals surface area contributed by atoms with Gasteiger partial charge in [-0.05, 0) is 35.4 Å². The predicted octanol–water partition coefficient (Wildman–Crippen LogP) is 2.09. The standard InChI is InChI=1S/C20H18N2O6/c1-10(23)21-15-6-4-3-5-13(15)19(24)17(21)16-12-8-7-11(28-2)9-14(12)20(25)18(16)22(26)27/h3-9,16-18,20,25H,1-2H3. The maximum absolute atomic E-state index is 13.2. The molecule has 4 unspecified atom stereocenters. The van der Waals surface area contributed by atoms with Crippen LogP contribution in [0.2, 0.25) is 0 Å². The number of hydrogen-bond acceptors (Lipinski definition) is 6. The van der Waals surface area contributed by atoms with Crippen LogP contribution in [0.5, 0.6) is 5.75 Å². The number of Topliss-reactive ketones (excluding diaryl/α,β-unsaturated/α-hetero) is 1. The van der Waals surface area contributed by atoms with E-state index >= 15 is 0 Å². The van der Waals surface area contributed by atoms with Gasteiger partial charge in [0, 0.05) is 17.4 Å². The third-order valence-corrected chi connectivity index (χ3v) is 5.56. The first-order valence-electron chi connectivity index (χ1n) is 8.79. The van der Waals surface area contributed by atoms with Gasteiger partial charge in [0.25, 0.3) is 6.04 Å². The van der Waals surface area contributed by atoms with Crippen LogP contribution in [0.1, 0.15) is 40.4 Å². The normalized spacial score (nSPS) is 25.4. The van der Waals surface area contributed by atoms with E-state index in [0.29, 0.717) is 28.1 Å². The summed E-state index contributed by atoms with van der Waals surface area (Å²) in [4.78, 5) is 38.2. The summed E-state index contributed by atoms with van der Waals surface area (Å²) in [6.07, 6.45) is -1.41. The number of carbonyl (C=O) groups is 2. The Morgan fingerprint density at radius 2 is 1.93 bits per heavy atom. The monoisotopic (exact) mass is 382 g/mol. The third-order valence-electron chi connectivity index (χ3n) is 5.56. The first-order valence-corrected chi connectivity index (χ1v) is 8.79. The lowest BCUT2D eigenvalue weighted by Gasteiger charge is -2.29. The number of para-hydroxylation sites is 1. The Morgan fingerprint density at radius 3 is 2.57 bits per heavy atom. The van der Waals surface area contributed by atoms with E-state index in [1.54, 1.807) is 42.5 Å². The summed E-state index contributed by atoms with van der Waals surface area (Å²) >= 11 is 0. The number of ketones is 1. The Bertz CT molecular complexity index is 1000. The van der Waals surface area contributed by atoms with E-state index < -0.39 is 29.0 Å². The molecule has 0 aromatic heterocycles. The number of anilines is 1. The number of methoxy groups -OCH3 is 1. The van der Waals surface area contributed by atoms with E-state index in [1.165, 1.54) is 18.9 Å². The van der Waals surface area contributed by atoms with Crippen LogP contribution in [0, 0.1) is 10.1 Å². The third kappa shape index (κ3) is 2.41. The molecule has 1 aliphatic heterocycles. The number of amides is 1. The maximum Gasteiger partial charge on any atom is 0.251 e. The number of aliphatic hydroxyl groups is 1. The molecule has 2 aliphatic rings. The summed E-state index contributed by atoms with van der Waals surface area (Å²) in [6, 6.07) is 8.90. The molecule has 0 fully saturated rings. The van der Waals surface area contributed by atoms with Crippen LogP contribution in [-0.2, 0) is 4.79 Å².